The first-order valence-electron chi connectivity index (χ1n) is 27.2. The first-order valence-corrected chi connectivity index (χ1v) is 30.1. The number of sulfone groups is 2. The first kappa shape index (κ1) is 62.5. The van der Waals surface area contributed by atoms with Crippen molar-refractivity contribution in [3.05, 3.63) is 203 Å². The highest BCUT2D eigenvalue weighted by molar-refractivity contribution is 7.92. The van der Waals surface area contributed by atoms with Gasteiger partial charge in [0.1, 0.15) is 18.1 Å². The fraction of sp³-hybridized carbons (Fsp3) is 0.226. The number of benzene rings is 7. The van der Waals surface area contributed by atoms with E-state index >= 15 is 0 Å². The number of alkyl carbamates (subject to hydrolysis) is 1. The number of anilines is 2. The lowest BCUT2D eigenvalue weighted by Crippen LogP contribution is -2.37. The molecule has 0 atom stereocenters. The number of halogens is 3. The van der Waals surface area contributed by atoms with Crippen LogP contribution in [-0.2, 0) is 48.7 Å². The van der Waals surface area contributed by atoms with Crippen LogP contribution in [0.3, 0.4) is 0 Å². The van der Waals surface area contributed by atoms with Gasteiger partial charge in [-0.15, -0.1) is 0 Å². The molecule has 0 bridgehead atoms. The summed E-state index contributed by atoms with van der Waals surface area (Å²) >= 11 is 0. The van der Waals surface area contributed by atoms with Gasteiger partial charge in [0.2, 0.25) is 19.7 Å². The maximum atomic E-state index is 13.2. The molecule has 0 spiro atoms. The van der Waals surface area contributed by atoms with E-state index < -0.39 is 55.6 Å². The number of hydrogen-bond donors (Lipinski definition) is 6. The molecule has 7 aromatic rings. The number of amides is 6. The summed E-state index contributed by atoms with van der Waals surface area (Å²) in [6, 6.07) is 44.3. The van der Waals surface area contributed by atoms with Gasteiger partial charge in [-0.05, 0) is 140 Å². The highest BCUT2D eigenvalue weighted by Crippen LogP contribution is 2.36. The largest absolute Gasteiger partial charge is 0.494 e. The van der Waals surface area contributed by atoms with E-state index in [1.165, 1.54) is 66.7 Å². The number of carbonyl (C=O) groups excluding carboxylic acids is 6. The number of rotatable bonds is 22. The van der Waals surface area contributed by atoms with Gasteiger partial charge in [-0.25, -0.2) is 21.6 Å². The molecule has 24 heteroatoms. The van der Waals surface area contributed by atoms with E-state index in [2.05, 4.69) is 26.6 Å². The predicted molar refractivity (Wildman–Crippen MR) is 311 cm³/mol. The lowest BCUT2D eigenvalue weighted by Gasteiger charge is -2.11. The molecule has 0 radical (unpaired) electrons. The Morgan fingerprint density at radius 2 is 0.884 bits per heavy atom. The van der Waals surface area contributed by atoms with Crippen LogP contribution in [-0.4, -0.2) is 98.0 Å². The lowest BCUT2D eigenvalue weighted by molar-refractivity contribution is -0.173. The summed E-state index contributed by atoms with van der Waals surface area (Å²) in [5, 5.41) is 15.4. The van der Waals surface area contributed by atoms with E-state index in [9.17, 15) is 58.8 Å². The van der Waals surface area contributed by atoms with Gasteiger partial charge in [-0.1, -0.05) is 78.9 Å². The Bertz CT molecular complexity index is 3830. The average molecular weight is 1220 g/mol. The summed E-state index contributed by atoms with van der Waals surface area (Å²) in [6.45, 7) is 2.05. The summed E-state index contributed by atoms with van der Waals surface area (Å²) in [4.78, 5) is 73.0. The van der Waals surface area contributed by atoms with Crippen LogP contribution < -0.4 is 41.4 Å². The van der Waals surface area contributed by atoms with Crippen LogP contribution in [0.4, 0.5) is 29.3 Å². The molecular formula is C62H59F3N6O13S2. The smallest absolute Gasteiger partial charge is 0.471 e. The standard InChI is InChI=1S/C34H33N3O7S.C28H26F3N3O6S/c38-32(26-14-17-31-29(22-26)37-33(39)28-10-4-5-11-30(28)45(31,41)42)35-20-18-24-12-15-27(16-13-24)43-21-7-6-19-36-34(40)44-23-25-8-2-1-3-9-25;29-28(30,31)27(37)33-14-3-4-16-40-20-10-7-18(8-11-20)13-15-32-25(35)19-9-12-24-22(17-19)34-26(36)21-5-1-2-6-23(21)41(24,38)39/h1-5,8-17,22H,6-7,18-21,23H2,(H,35,38)(H,36,40)(H,37,39);1-2,5-12,17H,3-4,13-16H2,(H,32,35)(H,33,37)(H,34,36). The van der Waals surface area contributed by atoms with Crippen molar-refractivity contribution in [1.29, 1.82) is 0 Å². The van der Waals surface area contributed by atoms with Crippen molar-refractivity contribution < 1.29 is 73.0 Å². The fourth-order valence-electron chi connectivity index (χ4n) is 8.85. The van der Waals surface area contributed by atoms with E-state index in [1.807, 2.05) is 66.7 Å². The molecule has 0 unspecified atom stereocenters. The molecule has 6 N–H and O–H groups in total. The molecule has 448 valence electrons. The van der Waals surface area contributed by atoms with Crippen LogP contribution in [0.2, 0.25) is 0 Å². The highest BCUT2D eigenvalue weighted by Gasteiger charge is 2.38. The zero-order chi connectivity index (χ0) is 61.3. The second-order valence-corrected chi connectivity index (χ2v) is 23.3. The second-order valence-electron chi connectivity index (χ2n) is 19.5. The number of nitrogens with one attached hydrogen (secondary N) is 6. The Hall–Kier alpha value is -9.55. The molecule has 2 aliphatic heterocycles. The third-order valence-corrected chi connectivity index (χ3v) is 17.1. The minimum atomic E-state index is -4.89. The van der Waals surface area contributed by atoms with Gasteiger partial charge < -0.3 is 46.1 Å². The minimum Gasteiger partial charge on any atom is -0.494 e. The topological polar surface area (TPSA) is 271 Å². The molecule has 7 aromatic carbocycles. The second kappa shape index (κ2) is 28.8. The quantitative estimate of drug-likeness (QED) is 0.0346. The van der Waals surface area contributed by atoms with Crippen LogP contribution in [0, 0.1) is 0 Å². The van der Waals surface area contributed by atoms with Gasteiger partial charge in [-0.3, -0.25) is 24.0 Å². The van der Waals surface area contributed by atoms with Gasteiger partial charge in [0.05, 0.1) is 55.3 Å². The molecule has 0 aromatic heterocycles. The summed E-state index contributed by atoms with van der Waals surface area (Å²) < 4.78 is 105. The van der Waals surface area contributed by atoms with Crippen LogP contribution in [0.25, 0.3) is 0 Å². The predicted octanol–water partition coefficient (Wildman–Crippen LogP) is 9.04. The fourth-order valence-corrected chi connectivity index (χ4v) is 12.0. The maximum Gasteiger partial charge on any atom is 0.471 e. The van der Waals surface area contributed by atoms with Crippen molar-refractivity contribution in [2.24, 2.45) is 0 Å². The Labute approximate surface area is 493 Å². The van der Waals surface area contributed by atoms with Gasteiger partial charge in [0.15, 0.2) is 0 Å². The minimum absolute atomic E-state index is 0.0282. The number of carbonyl (C=O) groups is 6. The van der Waals surface area contributed by atoms with Gasteiger partial charge in [0, 0.05) is 37.3 Å². The van der Waals surface area contributed by atoms with Crippen molar-refractivity contribution >= 4 is 66.7 Å². The molecule has 0 saturated carbocycles. The van der Waals surface area contributed by atoms with Crippen molar-refractivity contribution in [1.82, 2.24) is 21.3 Å². The highest BCUT2D eigenvalue weighted by atomic mass is 32.2. The zero-order valence-corrected chi connectivity index (χ0v) is 47.7. The molecule has 86 heavy (non-hydrogen) atoms. The number of alkyl halides is 3. The molecule has 0 aliphatic carbocycles. The average Bonchev–Trinajstić information content (AvgIpc) is 1.68. The molecule has 2 aliphatic rings. The van der Waals surface area contributed by atoms with Gasteiger partial charge >= 0.3 is 18.2 Å². The Morgan fingerprint density at radius 1 is 0.453 bits per heavy atom. The Balaban J connectivity index is 0.000000225. The van der Waals surface area contributed by atoms with E-state index in [0.717, 1.165) is 35.3 Å². The first-order chi connectivity index (χ1) is 41.3. The summed E-state index contributed by atoms with van der Waals surface area (Å²) in [6.07, 6.45) is -1.97. The van der Waals surface area contributed by atoms with Crippen molar-refractivity contribution in [3.63, 3.8) is 0 Å². The summed E-state index contributed by atoms with van der Waals surface area (Å²) in [5.41, 5.74) is 3.44. The van der Waals surface area contributed by atoms with Crippen molar-refractivity contribution in [2.45, 2.75) is 70.9 Å². The van der Waals surface area contributed by atoms with Crippen LogP contribution in [0.1, 0.15) is 83.8 Å². The zero-order valence-electron chi connectivity index (χ0n) is 46.0. The SMILES string of the molecule is O=C(NCCCCOc1ccc(CCNC(=O)c2ccc3c(c2)NC(=O)c2ccccc2S3(=O)=O)cc1)OCc1ccccc1.O=C(NCCc1ccc(OCCCCNC(=O)C(F)(F)F)cc1)c1ccc2c(c1)NC(=O)c1ccccc1S2(=O)=O. The van der Waals surface area contributed by atoms with E-state index in [0.29, 0.717) is 51.1 Å². The molecule has 19 nitrogen and oxygen atoms in total. The van der Waals surface area contributed by atoms with E-state index in [1.54, 1.807) is 35.6 Å². The molecule has 0 saturated heterocycles. The van der Waals surface area contributed by atoms with Crippen molar-refractivity contribution in [2.75, 3.05) is 50.0 Å². The normalized spacial score (nSPS) is 13.3. The van der Waals surface area contributed by atoms with Crippen molar-refractivity contribution in [3.8, 4) is 11.5 Å². The maximum absolute atomic E-state index is 13.2. The molecule has 6 amide bonds. The van der Waals surface area contributed by atoms with E-state index in [-0.39, 0.29) is 85.4 Å². The van der Waals surface area contributed by atoms with Crippen LogP contribution in [0.5, 0.6) is 11.5 Å². The summed E-state index contributed by atoms with van der Waals surface area (Å²) in [5.74, 6) is -2.62. The molecule has 2 heterocycles. The number of ether oxygens (including phenoxy) is 3. The number of hydrogen-bond acceptors (Lipinski definition) is 13. The van der Waals surface area contributed by atoms with Gasteiger partial charge in [0.25, 0.3) is 23.6 Å². The monoisotopic (exact) mass is 1220 g/mol. The van der Waals surface area contributed by atoms with Crippen LogP contribution >= 0.6 is 0 Å². The number of fused-ring (bicyclic) bond motifs is 4. The molecule has 0 fully saturated rings. The molecular weight excluding hydrogens is 1160 g/mol. The Kier molecular flexibility index (Phi) is 20.9. The number of unbranched alkanes of at least 4 members (excludes halogenated alkanes) is 2. The third-order valence-electron chi connectivity index (χ3n) is 13.4. The van der Waals surface area contributed by atoms with Gasteiger partial charge in [-0.2, -0.15) is 13.2 Å². The third kappa shape index (κ3) is 16.6. The summed E-state index contributed by atoms with van der Waals surface area (Å²) in [7, 11) is -7.90. The van der Waals surface area contributed by atoms with Crippen LogP contribution in [0.15, 0.2) is 183 Å². The Morgan fingerprint density at radius 3 is 1.34 bits per heavy atom. The molecule has 9 rings (SSSR count). The van der Waals surface area contributed by atoms with E-state index in [4.69, 9.17) is 14.2 Å². The lowest BCUT2D eigenvalue weighted by atomic mass is 10.1.